The number of nitrogens with one attached hydrogen (secondary N) is 1. The molecule has 1 saturated carbocycles. The number of carbonyl (C=O) groups excluding carboxylic acids is 1. The van der Waals surface area contributed by atoms with Gasteiger partial charge in [0, 0.05) is 56.5 Å². The molecule has 2 aliphatic rings. The van der Waals surface area contributed by atoms with Gasteiger partial charge in [-0.1, -0.05) is 30.3 Å². The number of nitrogens with zero attached hydrogens (tertiary/aromatic N) is 4. The van der Waals surface area contributed by atoms with Crippen LogP contribution in [0.4, 0.5) is 5.82 Å². The molecule has 2 fully saturated rings. The Bertz CT molecular complexity index is 1260. The molecule has 9 heteroatoms. The number of rotatable bonds is 7. The van der Waals surface area contributed by atoms with Gasteiger partial charge in [-0.15, -0.1) is 0 Å². The summed E-state index contributed by atoms with van der Waals surface area (Å²) in [5.41, 5.74) is 4.38. The molecule has 8 nitrogen and oxygen atoms in total. The van der Waals surface area contributed by atoms with Gasteiger partial charge in [0.05, 0.1) is 11.8 Å². The fourth-order valence-corrected chi connectivity index (χ4v) is 5.14. The number of pyridine rings is 1. The zero-order valence-electron chi connectivity index (χ0n) is 18.8. The molecule has 174 valence electrons. The SMILES string of the molecule is CS(=O)(=O)N1CCN(CCc2ccc(-c3cccn4nc(NC(=O)C5CC5)cc34)cc2)CC1. The molecular formula is C24H29N5O3S. The largest absolute Gasteiger partial charge is 0.309 e. The van der Waals surface area contributed by atoms with Crippen LogP contribution in [0.3, 0.4) is 0 Å². The zero-order chi connectivity index (χ0) is 23.0. The second-order valence-corrected chi connectivity index (χ2v) is 11.0. The average Bonchev–Trinajstić information content (AvgIpc) is 3.57. The predicted octanol–water partition coefficient (Wildman–Crippen LogP) is 2.47. The highest BCUT2D eigenvalue weighted by Crippen LogP contribution is 2.31. The Morgan fingerprint density at radius 1 is 1.09 bits per heavy atom. The molecule has 1 aromatic carbocycles. The third kappa shape index (κ3) is 5.10. The lowest BCUT2D eigenvalue weighted by molar-refractivity contribution is -0.117. The van der Waals surface area contributed by atoms with E-state index in [9.17, 15) is 13.2 Å². The van der Waals surface area contributed by atoms with Crippen molar-refractivity contribution < 1.29 is 13.2 Å². The Balaban J connectivity index is 1.23. The normalized spacial score (nSPS) is 18.0. The number of hydrogen-bond acceptors (Lipinski definition) is 5. The monoisotopic (exact) mass is 467 g/mol. The minimum absolute atomic E-state index is 0.0574. The van der Waals surface area contributed by atoms with Gasteiger partial charge in [-0.2, -0.15) is 9.40 Å². The van der Waals surface area contributed by atoms with Crippen molar-refractivity contribution >= 4 is 27.3 Å². The van der Waals surface area contributed by atoms with Crippen LogP contribution >= 0.6 is 0 Å². The summed E-state index contributed by atoms with van der Waals surface area (Å²) in [6, 6.07) is 14.5. The molecule has 3 heterocycles. The van der Waals surface area contributed by atoms with Gasteiger partial charge in [0.15, 0.2) is 5.82 Å². The van der Waals surface area contributed by atoms with Crippen molar-refractivity contribution in [2.75, 3.05) is 44.3 Å². The molecular weight excluding hydrogens is 438 g/mol. The molecule has 0 spiro atoms. The topological polar surface area (TPSA) is 87.0 Å². The number of benzene rings is 1. The van der Waals surface area contributed by atoms with E-state index in [2.05, 4.69) is 45.6 Å². The standard InChI is InChI=1S/C24H29N5O3S/c1-33(31,32)28-15-13-27(14-16-28)12-10-18-4-6-19(7-5-18)21-3-2-11-29-22(21)17-23(26-29)25-24(30)20-8-9-20/h2-7,11,17,20H,8-10,12-16H2,1H3,(H,25,26,30). The fraction of sp³-hybridized carbons (Fsp3) is 0.417. The van der Waals surface area contributed by atoms with Crippen molar-refractivity contribution in [2.24, 2.45) is 5.92 Å². The highest BCUT2D eigenvalue weighted by Gasteiger charge is 2.30. The second-order valence-electron chi connectivity index (χ2n) is 9.00. The third-order valence-electron chi connectivity index (χ3n) is 6.48. The molecule has 0 atom stereocenters. The first-order valence-electron chi connectivity index (χ1n) is 11.4. The Morgan fingerprint density at radius 2 is 1.82 bits per heavy atom. The van der Waals surface area contributed by atoms with Gasteiger partial charge in [0.1, 0.15) is 0 Å². The second kappa shape index (κ2) is 8.89. The van der Waals surface area contributed by atoms with Gasteiger partial charge < -0.3 is 10.2 Å². The number of fused-ring (bicyclic) bond motifs is 1. The predicted molar refractivity (Wildman–Crippen MR) is 129 cm³/mol. The van der Waals surface area contributed by atoms with E-state index in [1.165, 1.54) is 11.8 Å². The van der Waals surface area contributed by atoms with E-state index in [1.54, 1.807) is 4.31 Å². The molecule has 0 unspecified atom stereocenters. The molecule has 0 bridgehead atoms. The smallest absolute Gasteiger partial charge is 0.228 e. The number of aromatic nitrogens is 2. The van der Waals surface area contributed by atoms with E-state index >= 15 is 0 Å². The number of anilines is 1. The van der Waals surface area contributed by atoms with Gasteiger partial charge in [0.2, 0.25) is 15.9 Å². The first-order valence-corrected chi connectivity index (χ1v) is 13.3. The maximum Gasteiger partial charge on any atom is 0.228 e. The number of sulfonamides is 1. The van der Waals surface area contributed by atoms with E-state index in [0.717, 1.165) is 55.5 Å². The lowest BCUT2D eigenvalue weighted by Gasteiger charge is -2.33. The molecule has 1 N–H and O–H groups in total. The summed E-state index contributed by atoms with van der Waals surface area (Å²) in [6.07, 6.45) is 6.03. The first kappa shape index (κ1) is 22.1. The van der Waals surface area contributed by atoms with E-state index in [-0.39, 0.29) is 11.8 Å². The van der Waals surface area contributed by atoms with Crippen molar-refractivity contribution in [3.8, 4) is 11.1 Å². The third-order valence-corrected chi connectivity index (χ3v) is 7.79. The van der Waals surface area contributed by atoms with Gasteiger partial charge in [-0.25, -0.2) is 12.9 Å². The van der Waals surface area contributed by atoms with Crippen LogP contribution in [0.2, 0.25) is 0 Å². The molecule has 1 amide bonds. The van der Waals surface area contributed by atoms with Gasteiger partial charge in [-0.05, 0) is 36.5 Å². The van der Waals surface area contributed by atoms with Crippen LogP contribution in [0.5, 0.6) is 0 Å². The highest BCUT2D eigenvalue weighted by atomic mass is 32.2. The van der Waals surface area contributed by atoms with E-state index in [4.69, 9.17) is 0 Å². The van der Waals surface area contributed by atoms with Crippen LogP contribution in [0.1, 0.15) is 18.4 Å². The Hall–Kier alpha value is -2.75. The lowest BCUT2D eigenvalue weighted by atomic mass is 10.0. The summed E-state index contributed by atoms with van der Waals surface area (Å²) in [5, 5.41) is 7.43. The van der Waals surface area contributed by atoms with Crippen molar-refractivity contribution in [3.05, 3.63) is 54.2 Å². The molecule has 33 heavy (non-hydrogen) atoms. The molecule has 5 rings (SSSR count). The highest BCUT2D eigenvalue weighted by molar-refractivity contribution is 7.88. The molecule has 1 aliphatic carbocycles. The van der Waals surface area contributed by atoms with Crippen LogP contribution in [-0.4, -0.2) is 72.1 Å². The first-order chi connectivity index (χ1) is 15.9. The van der Waals surface area contributed by atoms with Crippen molar-refractivity contribution in [3.63, 3.8) is 0 Å². The Morgan fingerprint density at radius 3 is 2.48 bits per heavy atom. The molecule has 1 saturated heterocycles. The van der Waals surface area contributed by atoms with Crippen LogP contribution in [0.25, 0.3) is 16.6 Å². The average molecular weight is 468 g/mol. The fourth-order valence-electron chi connectivity index (χ4n) is 4.32. The maximum atomic E-state index is 12.1. The molecule has 2 aromatic heterocycles. The quantitative estimate of drug-likeness (QED) is 0.577. The van der Waals surface area contributed by atoms with Crippen LogP contribution in [0.15, 0.2) is 48.7 Å². The van der Waals surface area contributed by atoms with Crippen molar-refractivity contribution in [2.45, 2.75) is 19.3 Å². The summed E-state index contributed by atoms with van der Waals surface area (Å²) < 4.78 is 26.7. The van der Waals surface area contributed by atoms with Crippen LogP contribution < -0.4 is 5.32 Å². The summed E-state index contributed by atoms with van der Waals surface area (Å²) in [6.45, 7) is 3.59. The van der Waals surface area contributed by atoms with E-state index in [0.29, 0.717) is 18.9 Å². The molecule has 0 radical (unpaired) electrons. The summed E-state index contributed by atoms with van der Waals surface area (Å²) in [7, 11) is -3.09. The maximum absolute atomic E-state index is 12.1. The Kier molecular flexibility index (Phi) is 5.94. The van der Waals surface area contributed by atoms with Gasteiger partial charge in [0.25, 0.3) is 0 Å². The number of piperazine rings is 1. The minimum Gasteiger partial charge on any atom is -0.309 e. The number of hydrogen-bond donors (Lipinski definition) is 1. The van der Waals surface area contributed by atoms with Crippen LogP contribution in [0, 0.1) is 5.92 Å². The Labute approximate surface area is 194 Å². The van der Waals surface area contributed by atoms with E-state index < -0.39 is 10.0 Å². The van der Waals surface area contributed by atoms with Crippen LogP contribution in [-0.2, 0) is 21.2 Å². The molecule has 3 aromatic rings. The van der Waals surface area contributed by atoms with Gasteiger partial charge in [-0.3, -0.25) is 4.79 Å². The zero-order valence-corrected chi connectivity index (χ0v) is 19.6. The lowest BCUT2D eigenvalue weighted by Crippen LogP contribution is -2.48. The summed E-state index contributed by atoms with van der Waals surface area (Å²) in [4.78, 5) is 14.4. The number of carbonyl (C=O) groups is 1. The summed E-state index contributed by atoms with van der Waals surface area (Å²) in [5.74, 6) is 0.791. The van der Waals surface area contributed by atoms with Crippen molar-refractivity contribution in [1.82, 2.24) is 18.8 Å². The minimum atomic E-state index is -3.09. The van der Waals surface area contributed by atoms with E-state index in [1.807, 2.05) is 22.8 Å². The van der Waals surface area contributed by atoms with Crippen molar-refractivity contribution in [1.29, 1.82) is 0 Å². The number of amides is 1. The van der Waals surface area contributed by atoms with Gasteiger partial charge >= 0.3 is 0 Å². The summed E-state index contributed by atoms with van der Waals surface area (Å²) >= 11 is 0. The molecule has 1 aliphatic heterocycles.